The molecule has 1 amide bonds. The normalized spacial score (nSPS) is 10.8. The Kier molecular flexibility index (Phi) is 10.5. The Morgan fingerprint density at radius 1 is 0.947 bits per heavy atom. The van der Waals surface area contributed by atoms with Crippen LogP contribution in [0.2, 0.25) is 0 Å². The van der Waals surface area contributed by atoms with Crippen LogP contribution < -0.4 is 19.5 Å². The standard InChI is InChI=1S/C31H32N2O5/c1-4-5-6-7-18-37-28-17-10-23(20-29(28)36-3)19-25(21-32)31(35)38-27-15-11-24(12-16-27)30(34)33-26-13-8-22(2)9-14-26/h8-17,19-20H,4-7,18H2,1-3H3,(H,33,34)/b25-19+. The van der Waals surface area contributed by atoms with E-state index in [0.717, 1.165) is 24.8 Å². The van der Waals surface area contributed by atoms with Crippen molar-refractivity contribution in [1.29, 1.82) is 5.26 Å². The van der Waals surface area contributed by atoms with Gasteiger partial charge in [0.15, 0.2) is 11.5 Å². The molecule has 0 saturated carbocycles. The summed E-state index contributed by atoms with van der Waals surface area (Å²) in [5.41, 5.74) is 2.60. The average Bonchev–Trinajstić information content (AvgIpc) is 2.93. The van der Waals surface area contributed by atoms with Crippen LogP contribution in [0, 0.1) is 18.3 Å². The van der Waals surface area contributed by atoms with Crippen molar-refractivity contribution in [3.05, 3.63) is 89.0 Å². The largest absolute Gasteiger partial charge is 0.493 e. The maximum Gasteiger partial charge on any atom is 0.354 e. The van der Waals surface area contributed by atoms with E-state index in [0.29, 0.717) is 34.9 Å². The highest BCUT2D eigenvalue weighted by Crippen LogP contribution is 2.29. The van der Waals surface area contributed by atoms with E-state index in [1.54, 1.807) is 30.3 Å². The van der Waals surface area contributed by atoms with Crippen LogP contribution in [-0.4, -0.2) is 25.6 Å². The van der Waals surface area contributed by atoms with E-state index < -0.39 is 5.97 Å². The molecule has 196 valence electrons. The molecule has 0 bridgehead atoms. The number of esters is 1. The van der Waals surface area contributed by atoms with Crippen molar-refractivity contribution >= 4 is 23.6 Å². The summed E-state index contributed by atoms with van der Waals surface area (Å²) in [6.45, 7) is 4.72. The van der Waals surface area contributed by atoms with Crippen molar-refractivity contribution in [2.24, 2.45) is 0 Å². The molecule has 0 spiro atoms. The van der Waals surface area contributed by atoms with Gasteiger partial charge >= 0.3 is 5.97 Å². The molecule has 1 N–H and O–H groups in total. The van der Waals surface area contributed by atoms with Crippen molar-refractivity contribution in [3.63, 3.8) is 0 Å². The fraction of sp³-hybridized carbons (Fsp3) is 0.258. The highest BCUT2D eigenvalue weighted by atomic mass is 16.5. The highest BCUT2D eigenvalue weighted by molar-refractivity contribution is 6.04. The molecule has 0 aliphatic rings. The molecule has 3 aromatic rings. The second-order valence-electron chi connectivity index (χ2n) is 8.72. The second-order valence-corrected chi connectivity index (χ2v) is 8.72. The van der Waals surface area contributed by atoms with Gasteiger partial charge in [-0.05, 0) is 73.5 Å². The van der Waals surface area contributed by atoms with E-state index >= 15 is 0 Å². The number of hydrogen-bond acceptors (Lipinski definition) is 6. The van der Waals surface area contributed by atoms with Crippen LogP contribution in [0.3, 0.4) is 0 Å². The molecule has 7 heteroatoms. The first kappa shape index (κ1) is 28.0. The van der Waals surface area contributed by atoms with Crippen LogP contribution in [0.5, 0.6) is 17.2 Å². The smallest absolute Gasteiger partial charge is 0.354 e. The summed E-state index contributed by atoms with van der Waals surface area (Å²) in [7, 11) is 1.54. The van der Waals surface area contributed by atoms with Gasteiger partial charge in [-0.2, -0.15) is 5.26 Å². The summed E-state index contributed by atoms with van der Waals surface area (Å²) in [4.78, 5) is 25.1. The summed E-state index contributed by atoms with van der Waals surface area (Å²) in [5, 5.41) is 12.4. The predicted molar refractivity (Wildman–Crippen MR) is 147 cm³/mol. The Bertz CT molecular complexity index is 1310. The fourth-order valence-electron chi connectivity index (χ4n) is 3.58. The number of ether oxygens (including phenoxy) is 3. The van der Waals surface area contributed by atoms with Gasteiger partial charge in [0, 0.05) is 11.3 Å². The number of amides is 1. The van der Waals surface area contributed by atoms with Crippen LogP contribution >= 0.6 is 0 Å². The number of anilines is 1. The Hall–Kier alpha value is -4.57. The summed E-state index contributed by atoms with van der Waals surface area (Å²) in [6, 6.07) is 20.7. The summed E-state index contributed by atoms with van der Waals surface area (Å²) >= 11 is 0. The van der Waals surface area contributed by atoms with E-state index in [4.69, 9.17) is 14.2 Å². The van der Waals surface area contributed by atoms with E-state index in [9.17, 15) is 14.9 Å². The quantitative estimate of drug-likeness (QED) is 0.0950. The number of nitrogens with one attached hydrogen (secondary N) is 1. The molecule has 0 saturated heterocycles. The lowest BCUT2D eigenvalue weighted by Crippen LogP contribution is -2.12. The van der Waals surface area contributed by atoms with Crippen LogP contribution in [0.4, 0.5) is 5.69 Å². The van der Waals surface area contributed by atoms with Gasteiger partial charge in [0.25, 0.3) is 5.91 Å². The van der Waals surface area contributed by atoms with Gasteiger partial charge in [-0.1, -0.05) is 49.9 Å². The number of unbranched alkanes of at least 4 members (excludes halogenated alkanes) is 3. The molecule has 0 atom stereocenters. The lowest BCUT2D eigenvalue weighted by atomic mass is 10.1. The third kappa shape index (κ3) is 8.24. The Labute approximate surface area is 223 Å². The van der Waals surface area contributed by atoms with Crippen LogP contribution in [0.1, 0.15) is 54.1 Å². The summed E-state index contributed by atoms with van der Waals surface area (Å²) in [6.07, 6.45) is 5.83. The lowest BCUT2D eigenvalue weighted by Gasteiger charge is -2.11. The van der Waals surface area contributed by atoms with E-state index in [-0.39, 0.29) is 17.2 Å². The number of nitrogens with zero attached hydrogens (tertiary/aromatic N) is 1. The Morgan fingerprint density at radius 3 is 2.34 bits per heavy atom. The minimum absolute atomic E-state index is 0.179. The molecule has 0 aliphatic heterocycles. The van der Waals surface area contributed by atoms with Gasteiger partial charge in [-0.3, -0.25) is 4.79 Å². The number of hydrogen-bond donors (Lipinski definition) is 1. The molecular formula is C31H32N2O5. The van der Waals surface area contributed by atoms with Crippen LogP contribution in [0.15, 0.2) is 72.3 Å². The molecule has 7 nitrogen and oxygen atoms in total. The molecule has 3 rings (SSSR count). The third-order valence-corrected chi connectivity index (χ3v) is 5.73. The topological polar surface area (TPSA) is 97.6 Å². The molecule has 0 radical (unpaired) electrons. The lowest BCUT2D eigenvalue weighted by molar-refractivity contribution is -0.129. The van der Waals surface area contributed by atoms with Gasteiger partial charge in [0.1, 0.15) is 17.4 Å². The Morgan fingerprint density at radius 2 is 1.68 bits per heavy atom. The van der Waals surface area contributed by atoms with Crippen molar-refractivity contribution in [1.82, 2.24) is 0 Å². The molecular weight excluding hydrogens is 480 g/mol. The maximum absolute atomic E-state index is 12.6. The first-order chi connectivity index (χ1) is 18.4. The number of nitriles is 1. The number of benzene rings is 3. The maximum atomic E-state index is 12.6. The van der Waals surface area contributed by atoms with Gasteiger partial charge in [-0.15, -0.1) is 0 Å². The number of carbonyl (C=O) groups is 2. The van der Waals surface area contributed by atoms with Gasteiger partial charge in [0.2, 0.25) is 0 Å². The first-order valence-electron chi connectivity index (χ1n) is 12.6. The Balaban J connectivity index is 1.62. The highest BCUT2D eigenvalue weighted by Gasteiger charge is 2.14. The average molecular weight is 513 g/mol. The van der Waals surface area contributed by atoms with Crippen LogP contribution in [0.25, 0.3) is 6.08 Å². The molecule has 38 heavy (non-hydrogen) atoms. The molecule has 3 aromatic carbocycles. The number of rotatable bonds is 12. The predicted octanol–water partition coefficient (Wildman–Crippen LogP) is 6.73. The van der Waals surface area contributed by atoms with Crippen molar-refractivity contribution in [2.75, 3.05) is 19.0 Å². The number of aryl methyl sites for hydroxylation is 1. The first-order valence-corrected chi connectivity index (χ1v) is 12.6. The SMILES string of the molecule is CCCCCCOc1ccc(/C=C(\C#N)C(=O)Oc2ccc(C(=O)Nc3ccc(C)cc3)cc2)cc1OC. The van der Waals surface area contributed by atoms with Gasteiger partial charge < -0.3 is 19.5 Å². The van der Waals surface area contributed by atoms with Crippen molar-refractivity contribution in [2.45, 2.75) is 39.5 Å². The zero-order valence-electron chi connectivity index (χ0n) is 22.0. The molecule has 0 heterocycles. The monoisotopic (exact) mass is 512 g/mol. The minimum atomic E-state index is -0.806. The summed E-state index contributed by atoms with van der Waals surface area (Å²) < 4.78 is 16.6. The fourth-order valence-corrected chi connectivity index (χ4v) is 3.58. The number of methoxy groups -OCH3 is 1. The van der Waals surface area contributed by atoms with E-state index in [2.05, 4.69) is 12.2 Å². The van der Waals surface area contributed by atoms with Crippen molar-refractivity contribution < 1.29 is 23.8 Å². The molecule has 0 aliphatic carbocycles. The molecule has 0 aromatic heterocycles. The van der Waals surface area contributed by atoms with Gasteiger partial charge in [0.05, 0.1) is 13.7 Å². The third-order valence-electron chi connectivity index (χ3n) is 5.73. The number of carbonyl (C=O) groups excluding carboxylic acids is 2. The second kappa shape index (κ2) is 14.2. The summed E-state index contributed by atoms with van der Waals surface area (Å²) in [5.74, 6) is 0.242. The zero-order valence-corrected chi connectivity index (χ0v) is 22.0. The van der Waals surface area contributed by atoms with Crippen LogP contribution in [-0.2, 0) is 4.79 Å². The minimum Gasteiger partial charge on any atom is -0.493 e. The van der Waals surface area contributed by atoms with E-state index in [1.807, 2.05) is 37.3 Å². The molecule has 0 fully saturated rings. The van der Waals surface area contributed by atoms with Crippen molar-refractivity contribution in [3.8, 4) is 23.3 Å². The molecule has 0 unspecified atom stereocenters. The zero-order chi connectivity index (χ0) is 27.3. The van der Waals surface area contributed by atoms with Gasteiger partial charge in [-0.25, -0.2) is 4.79 Å². The van der Waals surface area contributed by atoms with E-state index in [1.165, 1.54) is 31.7 Å².